The predicted octanol–water partition coefficient (Wildman–Crippen LogP) is 0.880. The first kappa shape index (κ1) is 12.9. The molecule has 7 heteroatoms. The molecule has 17 heavy (non-hydrogen) atoms. The average Bonchev–Trinajstić information content (AvgIpc) is 2.20. The van der Waals surface area contributed by atoms with Crippen molar-refractivity contribution >= 4 is 17.6 Å². The summed E-state index contributed by atoms with van der Waals surface area (Å²) in [6.07, 6.45) is 0. The van der Waals surface area contributed by atoms with E-state index in [9.17, 15) is 18.4 Å². The molecule has 0 saturated carbocycles. The predicted molar refractivity (Wildman–Crippen MR) is 57.3 cm³/mol. The Bertz CT molecular complexity index is 463. The summed E-state index contributed by atoms with van der Waals surface area (Å²) in [6.45, 7) is 1.03. The molecule has 0 unspecified atom stereocenters. The van der Waals surface area contributed by atoms with Gasteiger partial charge >= 0.3 is 6.03 Å². The smallest absolute Gasteiger partial charge is 0.318 e. The maximum atomic E-state index is 13.3. The second-order valence-electron chi connectivity index (χ2n) is 3.35. The highest BCUT2D eigenvalue weighted by molar-refractivity contribution is 5.95. The zero-order chi connectivity index (χ0) is 13.0. The fourth-order valence-electron chi connectivity index (χ4n) is 1.14. The van der Waals surface area contributed by atoms with Crippen molar-refractivity contribution in [2.75, 3.05) is 11.9 Å². The minimum absolute atomic E-state index is 0.160. The molecular formula is C10H11F2N3O2. The van der Waals surface area contributed by atoms with Crippen LogP contribution in [0.3, 0.4) is 0 Å². The van der Waals surface area contributed by atoms with Gasteiger partial charge < -0.3 is 11.1 Å². The summed E-state index contributed by atoms with van der Waals surface area (Å²) in [5.41, 5.74) is 4.71. The van der Waals surface area contributed by atoms with E-state index < -0.39 is 23.6 Å². The van der Waals surface area contributed by atoms with Gasteiger partial charge in [0.05, 0.1) is 12.2 Å². The van der Waals surface area contributed by atoms with Gasteiger partial charge in [-0.15, -0.1) is 0 Å². The monoisotopic (exact) mass is 243 g/mol. The zero-order valence-electron chi connectivity index (χ0n) is 9.01. The summed E-state index contributed by atoms with van der Waals surface area (Å²) in [4.78, 5) is 21.3. The number of benzene rings is 1. The number of hydrogen-bond donors (Lipinski definition) is 3. The standard InChI is InChI=1S/C10H11F2N3O2/c1-5-2-7(12)8(3-6(5)11)14-4-9(16)15-10(13)17/h2-3,14H,4H2,1H3,(H3,13,15,16,17). The Morgan fingerprint density at radius 1 is 1.29 bits per heavy atom. The lowest BCUT2D eigenvalue weighted by Gasteiger charge is -2.08. The van der Waals surface area contributed by atoms with Crippen LogP contribution in [0, 0.1) is 18.6 Å². The number of urea groups is 1. The molecule has 5 nitrogen and oxygen atoms in total. The number of anilines is 1. The van der Waals surface area contributed by atoms with E-state index in [0.29, 0.717) is 0 Å². The van der Waals surface area contributed by atoms with Crippen molar-refractivity contribution in [2.24, 2.45) is 5.73 Å². The normalized spacial score (nSPS) is 9.82. The van der Waals surface area contributed by atoms with Crippen LogP contribution in [0.25, 0.3) is 0 Å². The number of nitrogens with two attached hydrogens (primary N) is 1. The van der Waals surface area contributed by atoms with E-state index in [0.717, 1.165) is 12.1 Å². The molecule has 0 fully saturated rings. The Kier molecular flexibility index (Phi) is 3.97. The van der Waals surface area contributed by atoms with Gasteiger partial charge in [-0.3, -0.25) is 10.1 Å². The molecule has 1 aromatic carbocycles. The number of amides is 3. The van der Waals surface area contributed by atoms with Crippen LogP contribution >= 0.6 is 0 Å². The highest BCUT2D eigenvalue weighted by Gasteiger charge is 2.09. The number of carbonyl (C=O) groups excluding carboxylic acids is 2. The van der Waals surface area contributed by atoms with E-state index in [1.165, 1.54) is 6.92 Å². The van der Waals surface area contributed by atoms with Crippen molar-refractivity contribution in [3.05, 3.63) is 29.3 Å². The maximum absolute atomic E-state index is 13.3. The fraction of sp³-hybridized carbons (Fsp3) is 0.200. The van der Waals surface area contributed by atoms with Gasteiger partial charge in [0.15, 0.2) is 0 Å². The van der Waals surface area contributed by atoms with Crippen LogP contribution in [-0.2, 0) is 4.79 Å². The van der Waals surface area contributed by atoms with Gasteiger partial charge in [-0.2, -0.15) is 0 Å². The van der Waals surface area contributed by atoms with Crippen molar-refractivity contribution in [1.29, 1.82) is 0 Å². The second kappa shape index (κ2) is 5.24. The number of hydrogen-bond acceptors (Lipinski definition) is 3. The molecule has 4 N–H and O–H groups in total. The lowest BCUT2D eigenvalue weighted by molar-refractivity contribution is -0.118. The van der Waals surface area contributed by atoms with Crippen molar-refractivity contribution in [3.8, 4) is 0 Å². The third kappa shape index (κ3) is 3.71. The minimum Gasteiger partial charge on any atom is -0.374 e. The summed E-state index contributed by atoms with van der Waals surface area (Å²) < 4.78 is 26.4. The first-order valence-corrected chi connectivity index (χ1v) is 4.69. The van der Waals surface area contributed by atoms with Gasteiger partial charge in [0, 0.05) is 6.07 Å². The molecule has 92 valence electrons. The van der Waals surface area contributed by atoms with Gasteiger partial charge in [-0.05, 0) is 18.6 Å². The summed E-state index contributed by atoms with van der Waals surface area (Å²) in [5, 5.41) is 4.13. The van der Waals surface area contributed by atoms with Gasteiger partial charge in [0.1, 0.15) is 11.6 Å². The lowest BCUT2D eigenvalue weighted by atomic mass is 10.2. The largest absolute Gasteiger partial charge is 0.374 e. The molecule has 0 aliphatic rings. The van der Waals surface area contributed by atoms with Gasteiger partial charge in [0.2, 0.25) is 5.91 Å². The Morgan fingerprint density at radius 2 is 1.94 bits per heavy atom. The molecule has 0 aliphatic heterocycles. The molecule has 1 aromatic rings. The molecule has 0 radical (unpaired) electrons. The molecule has 0 spiro atoms. The molecule has 3 amide bonds. The number of nitrogens with one attached hydrogen (secondary N) is 2. The minimum atomic E-state index is -1.01. The Balaban J connectivity index is 2.66. The van der Waals surface area contributed by atoms with Crippen LogP contribution in [0.15, 0.2) is 12.1 Å². The molecular weight excluding hydrogens is 232 g/mol. The number of halogens is 2. The fourth-order valence-corrected chi connectivity index (χ4v) is 1.14. The highest BCUT2D eigenvalue weighted by atomic mass is 19.1. The molecule has 0 heterocycles. The lowest BCUT2D eigenvalue weighted by Crippen LogP contribution is -2.38. The van der Waals surface area contributed by atoms with E-state index in [-0.39, 0.29) is 17.8 Å². The van der Waals surface area contributed by atoms with Crippen LogP contribution in [0.1, 0.15) is 5.56 Å². The second-order valence-corrected chi connectivity index (χ2v) is 3.35. The van der Waals surface area contributed by atoms with Crippen LogP contribution < -0.4 is 16.4 Å². The highest BCUT2D eigenvalue weighted by Crippen LogP contribution is 2.18. The van der Waals surface area contributed by atoms with E-state index in [4.69, 9.17) is 5.73 Å². The van der Waals surface area contributed by atoms with Crippen LogP contribution in [0.4, 0.5) is 19.3 Å². The van der Waals surface area contributed by atoms with Gasteiger partial charge in [-0.1, -0.05) is 0 Å². The Labute approximate surface area is 96.0 Å². The maximum Gasteiger partial charge on any atom is 0.318 e. The number of imide groups is 1. The number of primary amides is 1. The molecule has 1 rings (SSSR count). The Morgan fingerprint density at radius 3 is 2.53 bits per heavy atom. The first-order valence-electron chi connectivity index (χ1n) is 4.69. The molecule has 0 aliphatic carbocycles. The topological polar surface area (TPSA) is 84.2 Å². The molecule has 0 aromatic heterocycles. The average molecular weight is 243 g/mol. The number of aryl methyl sites for hydroxylation is 1. The number of carbonyl (C=O) groups is 2. The summed E-state index contributed by atoms with van der Waals surface area (Å²) in [7, 11) is 0. The summed E-state index contributed by atoms with van der Waals surface area (Å²) >= 11 is 0. The van der Waals surface area contributed by atoms with Crippen molar-refractivity contribution in [2.45, 2.75) is 6.92 Å². The zero-order valence-corrected chi connectivity index (χ0v) is 9.01. The quantitative estimate of drug-likeness (QED) is 0.736. The first-order chi connectivity index (χ1) is 7.90. The SMILES string of the molecule is Cc1cc(F)c(NCC(=O)NC(N)=O)cc1F. The van der Waals surface area contributed by atoms with Crippen molar-refractivity contribution in [1.82, 2.24) is 5.32 Å². The summed E-state index contributed by atoms with van der Waals surface area (Å²) in [6, 6.07) is 0.929. The van der Waals surface area contributed by atoms with E-state index in [1.54, 1.807) is 5.32 Å². The Hall–Kier alpha value is -2.18. The van der Waals surface area contributed by atoms with E-state index in [2.05, 4.69) is 5.32 Å². The molecule has 0 saturated heterocycles. The van der Waals surface area contributed by atoms with Crippen LogP contribution in [-0.4, -0.2) is 18.5 Å². The van der Waals surface area contributed by atoms with Crippen LogP contribution in [0.5, 0.6) is 0 Å². The van der Waals surface area contributed by atoms with Gasteiger partial charge in [-0.25, -0.2) is 13.6 Å². The van der Waals surface area contributed by atoms with E-state index >= 15 is 0 Å². The summed E-state index contributed by atoms with van der Waals surface area (Å²) in [5.74, 6) is -2.02. The third-order valence-corrected chi connectivity index (χ3v) is 1.95. The number of rotatable bonds is 3. The van der Waals surface area contributed by atoms with Crippen molar-refractivity contribution < 1.29 is 18.4 Å². The molecule has 0 atom stereocenters. The third-order valence-electron chi connectivity index (χ3n) is 1.95. The van der Waals surface area contributed by atoms with Crippen molar-refractivity contribution in [3.63, 3.8) is 0 Å². The van der Waals surface area contributed by atoms with Crippen LogP contribution in [0.2, 0.25) is 0 Å². The van der Waals surface area contributed by atoms with E-state index in [1.807, 2.05) is 0 Å². The molecule has 0 bridgehead atoms. The van der Waals surface area contributed by atoms with Gasteiger partial charge in [0.25, 0.3) is 0 Å².